The zero-order chi connectivity index (χ0) is 12.8. The Morgan fingerprint density at radius 1 is 1.33 bits per heavy atom. The van der Waals surface area contributed by atoms with Crippen molar-refractivity contribution in [2.45, 2.75) is 45.0 Å². The Morgan fingerprint density at radius 3 is 2.83 bits per heavy atom. The maximum Gasteiger partial charge on any atom is 0.154 e. The van der Waals surface area contributed by atoms with Crippen molar-refractivity contribution >= 4 is 0 Å². The van der Waals surface area contributed by atoms with Crippen LogP contribution in [0, 0.1) is 11.8 Å². The van der Waals surface area contributed by atoms with Crippen LogP contribution in [0.15, 0.2) is 30.3 Å². The molecule has 2 rings (SSSR count). The van der Waals surface area contributed by atoms with Gasteiger partial charge in [0, 0.05) is 6.42 Å². The molecule has 0 N–H and O–H groups in total. The van der Waals surface area contributed by atoms with Gasteiger partial charge in [-0.25, -0.2) is 0 Å². The summed E-state index contributed by atoms with van der Waals surface area (Å²) in [6, 6.07) is 10.2. The van der Waals surface area contributed by atoms with Crippen LogP contribution in [-0.2, 0) is 16.1 Å². The van der Waals surface area contributed by atoms with Crippen LogP contribution in [0.3, 0.4) is 0 Å². The topological polar surface area (TPSA) is 21.8 Å². The third kappa shape index (κ3) is 3.60. The molecule has 96 valence electrons. The fraction of sp³-hybridized carbons (Fsp3) is 0.500. The van der Waals surface area contributed by atoms with Crippen LogP contribution < -0.4 is 0 Å². The van der Waals surface area contributed by atoms with Crippen LogP contribution in [-0.4, -0.2) is 18.3 Å². The van der Waals surface area contributed by atoms with Crippen molar-refractivity contribution < 1.29 is 9.47 Å². The van der Waals surface area contributed by atoms with Gasteiger partial charge in [-0.1, -0.05) is 43.2 Å². The Bertz CT molecular complexity index is 429. The largest absolute Gasteiger partial charge is 0.374 e. The van der Waals surface area contributed by atoms with Crippen LogP contribution in [0.25, 0.3) is 0 Å². The predicted molar refractivity (Wildman–Crippen MR) is 72.1 cm³/mol. The van der Waals surface area contributed by atoms with E-state index < -0.39 is 0 Å². The van der Waals surface area contributed by atoms with E-state index in [0.29, 0.717) is 13.2 Å². The van der Waals surface area contributed by atoms with Gasteiger partial charge in [0.1, 0.15) is 6.10 Å². The Morgan fingerprint density at radius 2 is 2.11 bits per heavy atom. The van der Waals surface area contributed by atoms with Crippen molar-refractivity contribution in [1.29, 1.82) is 0 Å². The molecule has 0 radical (unpaired) electrons. The first-order valence-corrected chi connectivity index (χ1v) is 6.54. The highest BCUT2D eigenvalue weighted by molar-refractivity contribution is 5.23. The van der Waals surface area contributed by atoms with Crippen LogP contribution in [0.2, 0.25) is 0 Å². The van der Waals surface area contributed by atoms with Gasteiger partial charge in [0.2, 0.25) is 0 Å². The van der Waals surface area contributed by atoms with Gasteiger partial charge in [0.05, 0.1) is 13.2 Å². The van der Waals surface area contributed by atoms with Gasteiger partial charge in [-0.05, 0) is 18.9 Å². The molecule has 1 aromatic rings. The normalized spacial score (nSPS) is 25.3. The summed E-state index contributed by atoms with van der Waals surface area (Å²) in [5.74, 6) is 6.33. The average molecular weight is 244 g/mol. The molecule has 0 aliphatic carbocycles. The zero-order valence-electron chi connectivity index (χ0n) is 11.1. The van der Waals surface area contributed by atoms with Gasteiger partial charge < -0.3 is 9.47 Å². The van der Waals surface area contributed by atoms with Gasteiger partial charge in [0.25, 0.3) is 0 Å². The Balaban J connectivity index is 1.69. The number of epoxide rings is 1. The molecule has 0 saturated carbocycles. The van der Waals surface area contributed by atoms with Gasteiger partial charge in [-0.15, -0.1) is 5.92 Å². The lowest BCUT2D eigenvalue weighted by atomic mass is 10.1. The van der Waals surface area contributed by atoms with Crippen LogP contribution in [0.1, 0.15) is 32.3 Å². The number of hydrogen-bond donors (Lipinski definition) is 0. The van der Waals surface area contributed by atoms with E-state index >= 15 is 0 Å². The average Bonchev–Trinajstić information content (AvgIpc) is 3.02. The summed E-state index contributed by atoms with van der Waals surface area (Å²) in [6.07, 6.45) is 2.17. The molecule has 0 amide bonds. The molecule has 2 heteroatoms. The molecule has 1 saturated heterocycles. The summed E-state index contributed by atoms with van der Waals surface area (Å²) >= 11 is 0. The zero-order valence-corrected chi connectivity index (χ0v) is 11.1. The lowest BCUT2D eigenvalue weighted by Crippen LogP contribution is -2.12. The molecule has 2 unspecified atom stereocenters. The summed E-state index contributed by atoms with van der Waals surface area (Å²) in [4.78, 5) is 0. The number of benzene rings is 1. The molecule has 1 aliphatic heterocycles. The first kappa shape index (κ1) is 13.1. The third-order valence-corrected chi connectivity index (χ3v) is 3.04. The van der Waals surface area contributed by atoms with Crippen molar-refractivity contribution in [1.82, 2.24) is 0 Å². The van der Waals surface area contributed by atoms with Crippen LogP contribution in [0.5, 0.6) is 0 Å². The summed E-state index contributed by atoms with van der Waals surface area (Å²) in [5, 5.41) is 0. The van der Waals surface area contributed by atoms with E-state index in [1.165, 1.54) is 5.56 Å². The standard InChI is InChI=1S/C16H20O2/c1-3-4-8-11-16(2)15(18-16)13-17-12-14-9-6-5-7-10-14/h5-7,9-10,15H,3-4,12-13H2,1-2H3. The summed E-state index contributed by atoms with van der Waals surface area (Å²) in [7, 11) is 0. The molecule has 1 heterocycles. The van der Waals surface area contributed by atoms with Gasteiger partial charge in [0.15, 0.2) is 5.60 Å². The molecule has 1 aromatic carbocycles. The van der Waals surface area contributed by atoms with Crippen molar-refractivity contribution in [3.63, 3.8) is 0 Å². The monoisotopic (exact) mass is 244 g/mol. The van der Waals surface area contributed by atoms with Crippen molar-refractivity contribution in [2.24, 2.45) is 0 Å². The first-order valence-electron chi connectivity index (χ1n) is 6.54. The van der Waals surface area contributed by atoms with E-state index in [-0.39, 0.29) is 11.7 Å². The van der Waals surface area contributed by atoms with E-state index in [4.69, 9.17) is 9.47 Å². The number of rotatable bonds is 5. The second-order valence-electron chi connectivity index (χ2n) is 4.77. The molecular formula is C16H20O2. The predicted octanol–water partition coefficient (Wildman–Crippen LogP) is 3.16. The molecule has 2 atom stereocenters. The molecule has 0 aromatic heterocycles. The lowest BCUT2D eigenvalue weighted by Gasteiger charge is -2.02. The highest BCUT2D eigenvalue weighted by Crippen LogP contribution is 2.35. The minimum atomic E-state index is -0.272. The summed E-state index contributed by atoms with van der Waals surface area (Å²) in [6.45, 7) is 5.42. The van der Waals surface area contributed by atoms with Crippen molar-refractivity contribution in [2.75, 3.05) is 6.61 Å². The summed E-state index contributed by atoms with van der Waals surface area (Å²) in [5.41, 5.74) is 0.920. The van der Waals surface area contributed by atoms with Gasteiger partial charge in [-0.3, -0.25) is 0 Å². The van der Waals surface area contributed by atoms with Crippen molar-refractivity contribution in [3.05, 3.63) is 35.9 Å². The quantitative estimate of drug-likeness (QED) is 0.586. The Labute approximate surface area is 109 Å². The smallest absolute Gasteiger partial charge is 0.154 e. The van der Waals surface area contributed by atoms with Crippen molar-refractivity contribution in [3.8, 4) is 11.8 Å². The third-order valence-electron chi connectivity index (χ3n) is 3.04. The molecule has 0 spiro atoms. The minimum absolute atomic E-state index is 0.130. The first-order chi connectivity index (χ1) is 8.74. The van der Waals surface area contributed by atoms with Crippen LogP contribution >= 0.6 is 0 Å². The Hall–Kier alpha value is -1.30. The maximum absolute atomic E-state index is 5.65. The lowest BCUT2D eigenvalue weighted by molar-refractivity contribution is 0.104. The molecule has 1 aliphatic rings. The van der Waals surface area contributed by atoms with E-state index in [1.54, 1.807) is 0 Å². The van der Waals surface area contributed by atoms with Gasteiger partial charge >= 0.3 is 0 Å². The second-order valence-corrected chi connectivity index (χ2v) is 4.77. The molecule has 18 heavy (non-hydrogen) atoms. The number of ether oxygens (including phenoxy) is 2. The van der Waals surface area contributed by atoms with E-state index in [9.17, 15) is 0 Å². The highest BCUT2D eigenvalue weighted by Gasteiger charge is 2.51. The fourth-order valence-electron chi connectivity index (χ4n) is 1.79. The summed E-state index contributed by atoms with van der Waals surface area (Å²) < 4.78 is 11.2. The highest BCUT2D eigenvalue weighted by atomic mass is 16.6. The van der Waals surface area contributed by atoms with Crippen LogP contribution in [0.4, 0.5) is 0 Å². The maximum atomic E-state index is 5.65. The van der Waals surface area contributed by atoms with E-state index in [0.717, 1.165) is 12.8 Å². The number of hydrogen-bond acceptors (Lipinski definition) is 2. The molecular weight excluding hydrogens is 224 g/mol. The SMILES string of the molecule is CCCC#CC1(C)OC1COCc1ccccc1. The van der Waals surface area contributed by atoms with E-state index in [1.807, 2.05) is 25.1 Å². The molecule has 2 nitrogen and oxygen atoms in total. The van der Waals surface area contributed by atoms with Gasteiger partial charge in [-0.2, -0.15) is 0 Å². The Kier molecular flexibility index (Phi) is 4.41. The fourth-order valence-corrected chi connectivity index (χ4v) is 1.79. The van der Waals surface area contributed by atoms with E-state index in [2.05, 4.69) is 30.9 Å². The molecule has 0 bridgehead atoms. The second kappa shape index (κ2) is 6.04. The number of unbranched alkanes of at least 4 members (excludes halogenated alkanes) is 1. The molecule has 1 fully saturated rings. The minimum Gasteiger partial charge on any atom is -0.374 e.